The van der Waals surface area contributed by atoms with Crippen molar-refractivity contribution in [2.24, 2.45) is 0 Å². The minimum atomic E-state index is -0.972. The van der Waals surface area contributed by atoms with Crippen molar-refractivity contribution in [3.63, 3.8) is 0 Å². The molecule has 0 bridgehead atoms. The number of non-ortho nitro benzene ring substituents is 1. The first-order valence-corrected chi connectivity index (χ1v) is 10.9. The number of nitrogens with zero attached hydrogens (tertiary/aromatic N) is 2. The molecule has 0 aliphatic rings. The van der Waals surface area contributed by atoms with Crippen LogP contribution in [0.25, 0.3) is 0 Å². The van der Waals surface area contributed by atoms with E-state index in [9.17, 15) is 24.8 Å². The lowest BCUT2D eigenvalue weighted by atomic mass is 9.79. The molecule has 1 atom stereocenters. The van der Waals surface area contributed by atoms with Gasteiger partial charge in [-0.1, -0.05) is 41.5 Å². The zero-order valence-corrected chi connectivity index (χ0v) is 20.9. The smallest absolute Gasteiger partial charge is 0.329 e. The van der Waals surface area contributed by atoms with Gasteiger partial charge in [0, 0.05) is 35.9 Å². The fourth-order valence-electron chi connectivity index (χ4n) is 3.54. The van der Waals surface area contributed by atoms with Gasteiger partial charge in [0.05, 0.1) is 10.6 Å². The maximum atomic E-state index is 13.4. The van der Waals surface area contributed by atoms with Crippen LogP contribution in [-0.2, 0) is 20.4 Å². The van der Waals surface area contributed by atoms with E-state index >= 15 is 0 Å². The number of urea groups is 1. The average Bonchev–Trinajstić information content (AvgIpc) is 2.67. The number of anilines is 2. The van der Waals surface area contributed by atoms with Crippen molar-refractivity contribution in [2.45, 2.75) is 72.4 Å². The number of esters is 1. The molecule has 2 aromatic rings. The highest BCUT2D eigenvalue weighted by atomic mass is 16.6. The van der Waals surface area contributed by atoms with E-state index in [2.05, 4.69) is 5.32 Å². The Hall–Kier alpha value is -3.62. The first-order valence-electron chi connectivity index (χ1n) is 10.9. The van der Waals surface area contributed by atoms with Crippen LogP contribution in [0.15, 0.2) is 36.4 Å². The SMILES string of the molecule is CC(=O)OC(C)N(C(=O)Nc1ccc([N+](=O)[O-])cc1)c1cc(C(C)(C)C)c(O)c(C(C)(C)C)c1. The molecule has 0 aromatic heterocycles. The summed E-state index contributed by atoms with van der Waals surface area (Å²) in [7, 11) is 0. The Bertz CT molecular complexity index is 1050. The molecule has 0 saturated heterocycles. The summed E-state index contributed by atoms with van der Waals surface area (Å²) >= 11 is 0. The molecule has 9 heteroatoms. The second kappa shape index (κ2) is 9.70. The van der Waals surface area contributed by atoms with Gasteiger partial charge in [0.25, 0.3) is 5.69 Å². The van der Waals surface area contributed by atoms with Gasteiger partial charge < -0.3 is 15.2 Å². The van der Waals surface area contributed by atoms with E-state index in [4.69, 9.17) is 4.74 Å². The summed E-state index contributed by atoms with van der Waals surface area (Å²) in [4.78, 5) is 36.8. The number of rotatable bonds is 5. The van der Waals surface area contributed by atoms with E-state index in [1.807, 2.05) is 41.5 Å². The number of nitro groups is 1. The van der Waals surface area contributed by atoms with Gasteiger partial charge in [-0.25, -0.2) is 4.79 Å². The van der Waals surface area contributed by atoms with Crippen LogP contribution in [0.3, 0.4) is 0 Å². The van der Waals surface area contributed by atoms with Crippen LogP contribution >= 0.6 is 0 Å². The van der Waals surface area contributed by atoms with E-state index < -0.39 is 34.0 Å². The zero-order valence-electron chi connectivity index (χ0n) is 20.9. The topological polar surface area (TPSA) is 122 Å². The first kappa shape index (κ1) is 26.6. The number of carbonyl (C=O) groups is 2. The van der Waals surface area contributed by atoms with E-state index in [-0.39, 0.29) is 11.4 Å². The van der Waals surface area contributed by atoms with E-state index in [1.54, 1.807) is 19.1 Å². The van der Waals surface area contributed by atoms with Gasteiger partial charge in [0.15, 0.2) is 6.23 Å². The number of phenols is 1. The maximum absolute atomic E-state index is 13.4. The van der Waals surface area contributed by atoms with Crippen LogP contribution in [0.4, 0.5) is 21.9 Å². The Morgan fingerprint density at radius 3 is 1.88 bits per heavy atom. The summed E-state index contributed by atoms with van der Waals surface area (Å²) in [5.41, 5.74) is 1.06. The van der Waals surface area contributed by atoms with Gasteiger partial charge >= 0.3 is 12.0 Å². The second-order valence-electron chi connectivity index (χ2n) is 10.2. The van der Waals surface area contributed by atoms with Crippen LogP contribution in [0.2, 0.25) is 0 Å². The maximum Gasteiger partial charge on any atom is 0.329 e. The van der Waals surface area contributed by atoms with Gasteiger partial charge in [-0.15, -0.1) is 0 Å². The molecule has 0 radical (unpaired) electrons. The van der Waals surface area contributed by atoms with Crippen molar-refractivity contribution < 1.29 is 24.4 Å². The number of ether oxygens (including phenoxy) is 1. The Kier molecular flexibility index (Phi) is 7.60. The van der Waals surface area contributed by atoms with Crippen LogP contribution in [0.5, 0.6) is 5.75 Å². The number of aromatic hydroxyl groups is 1. The molecular weight excluding hydrogens is 438 g/mol. The molecule has 184 valence electrons. The minimum Gasteiger partial charge on any atom is -0.507 e. The second-order valence-corrected chi connectivity index (χ2v) is 10.2. The molecule has 1 unspecified atom stereocenters. The summed E-state index contributed by atoms with van der Waals surface area (Å²) in [5.74, 6) is -0.411. The van der Waals surface area contributed by atoms with Crippen molar-refractivity contribution in [3.8, 4) is 5.75 Å². The normalized spacial score (nSPS) is 12.6. The summed E-state index contributed by atoms with van der Waals surface area (Å²) in [6, 6.07) is 8.22. The lowest BCUT2D eigenvalue weighted by Crippen LogP contribution is -2.44. The summed E-state index contributed by atoms with van der Waals surface area (Å²) in [6.07, 6.45) is -0.972. The predicted octanol–water partition coefficient (Wildman–Crippen LogP) is 5.84. The highest BCUT2D eigenvalue weighted by molar-refractivity contribution is 6.02. The average molecular weight is 472 g/mol. The molecule has 2 N–H and O–H groups in total. The van der Waals surface area contributed by atoms with Crippen molar-refractivity contribution in [3.05, 3.63) is 57.6 Å². The fourth-order valence-corrected chi connectivity index (χ4v) is 3.54. The Morgan fingerprint density at radius 2 is 1.50 bits per heavy atom. The van der Waals surface area contributed by atoms with E-state index in [0.29, 0.717) is 22.5 Å². The number of hydrogen-bond acceptors (Lipinski definition) is 6. The van der Waals surface area contributed by atoms with Crippen molar-refractivity contribution in [1.29, 1.82) is 0 Å². The van der Waals surface area contributed by atoms with Crippen molar-refractivity contribution >= 4 is 29.1 Å². The van der Waals surface area contributed by atoms with Gasteiger partial charge in [-0.3, -0.25) is 19.8 Å². The monoisotopic (exact) mass is 471 g/mol. The third kappa shape index (κ3) is 6.24. The number of carbonyl (C=O) groups excluding carboxylic acids is 2. The third-order valence-corrected chi connectivity index (χ3v) is 5.24. The van der Waals surface area contributed by atoms with Crippen LogP contribution in [-0.4, -0.2) is 28.3 Å². The quantitative estimate of drug-likeness (QED) is 0.244. The van der Waals surface area contributed by atoms with E-state index in [0.717, 1.165) is 0 Å². The largest absolute Gasteiger partial charge is 0.507 e. The number of benzene rings is 2. The molecule has 0 saturated carbocycles. The molecule has 0 aliphatic heterocycles. The molecule has 0 fully saturated rings. The minimum absolute atomic E-state index is 0.105. The van der Waals surface area contributed by atoms with Gasteiger partial charge in [-0.2, -0.15) is 0 Å². The van der Waals surface area contributed by atoms with Crippen LogP contribution in [0.1, 0.15) is 66.5 Å². The van der Waals surface area contributed by atoms with Crippen LogP contribution < -0.4 is 10.2 Å². The lowest BCUT2D eigenvalue weighted by Gasteiger charge is -2.33. The van der Waals surface area contributed by atoms with Crippen LogP contribution in [0, 0.1) is 10.1 Å². The number of hydrogen-bond donors (Lipinski definition) is 2. The molecule has 0 aliphatic carbocycles. The molecule has 2 rings (SSSR count). The first-order chi connectivity index (χ1) is 15.5. The Balaban J connectivity index is 2.62. The van der Waals surface area contributed by atoms with Gasteiger partial charge in [0.1, 0.15) is 5.75 Å². The van der Waals surface area contributed by atoms with Crippen molar-refractivity contribution in [1.82, 2.24) is 0 Å². The fraction of sp³-hybridized carbons (Fsp3) is 0.440. The van der Waals surface area contributed by atoms with Crippen molar-refractivity contribution in [2.75, 3.05) is 10.2 Å². The molecule has 34 heavy (non-hydrogen) atoms. The molecular formula is C25H33N3O6. The summed E-state index contributed by atoms with van der Waals surface area (Å²) in [5, 5.41) is 24.7. The third-order valence-electron chi connectivity index (χ3n) is 5.24. The molecule has 0 spiro atoms. The molecule has 2 amide bonds. The standard InChI is InChI=1S/C25H33N3O6/c1-15(34-16(2)29)27(23(31)26-17-9-11-18(12-10-17)28(32)33)19-13-20(24(3,4)5)22(30)21(14-19)25(6,7)8/h9-15,30H,1-8H3,(H,26,31). The highest BCUT2D eigenvalue weighted by Crippen LogP contribution is 2.42. The van der Waals surface area contributed by atoms with E-state index in [1.165, 1.54) is 36.1 Å². The Morgan fingerprint density at radius 1 is 1.03 bits per heavy atom. The summed E-state index contributed by atoms with van der Waals surface area (Å²) < 4.78 is 5.33. The molecule has 9 nitrogen and oxygen atoms in total. The number of nitrogens with one attached hydrogen (secondary N) is 1. The van der Waals surface area contributed by atoms with Gasteiger partial charge in [0.2, 0.25) is 0 Å². The number of nitro benzene ring substituents is 1. The molecule has 2 aromatic carbocycles. The number of phenolic OH excluding ortho intramolecular Hbond substituents is 1. The summed E-state index contributed by atoms with van der Waals surface area (Å²) in [6.45, 7) is 14.5. The number of amides is 2. The van der Waals surface area contributed by atoms with Gasteiger partial charge in [-0.05, 0) is 42.0 Å². The lowest BCUT2D eigenvalue weighted by molar-refractivity contribution is -0.384. The zero-order chi connectivity index (χ0) is 26.0. The Labute approximate surface area is 199 Å². The highest BCUT2D eigenvalue weighted by Gasteiger charge is 2.31. The predicted molar refractivity (Wildman–Crippen MR) is 131 cm³/mol. The molecule has 0 heterocycles.